The van der Waals surface area contributed by atoms with E-state index in [0.29, 0.717) is 30.3 Å². The molecule has 2 fully saturated rings. The Hall–Kier alpha value is -2.58. The van der Waals surface area contributed by atoms with Gasteiger partial charge in [-0.3, -0.25) is 4.79 Å². The van der Waals surface area contributed by atoms with E-state index in [2.05, 4.69) is 38.8 Å². The summed E-state index contributed by atoms with van der Waals surface area (Å²) in [6.45, 7) is 5.54. The van der Waals surface area contributed by atoms with Crippen LogP contribution in [0.4, 0.5) is 5.82 Å². The van der Waals surface area contributed by atoms with Gasteiger partial charge in [-0.05, 0) is 49.5 Å². The molecular formula is C21H23N5O2S. The molecule has 1 amide bonds. The third-order valence-corrected chi connectivity index (χ3v) is 6.78. The second kappa shape index (κ2) is 7.35. The first-order valence-corrected chi connectivity index (χ1v) is 10.7. The molecule has 2 aliphatic heterocycles. The Bertz CT molecular complexity index is 1040. The molecule has 4 heterocycles. The number of ether oxygens (including phenoxy) is 1. The van der Waals surface area contributed by atoms with Crippen molar-refractivity contribution in [1.82, 2.24) is 19.5 Å². The number of amides is 1. The maximum Gasteiger partial charge on any atom is 0.267 e. The van der Waals surface area contributed by atoms with Crippen LogP contribution in [0.2, 0.25) is 0 Å². The van der Waals surface area contributed by atoms with Gasteiger partial charge in [-0.2, -0.15) is 0 Å². The first kappa shape index (κ1) is 18.4. The van der Waals surface area contributed by atoms with Crippen LogP contribution in [0.3, 0.4) is 0 Å². The first-order chi connectivity index (χ1) is 14.1. The average molecular weight is 410 g/mol. The quantitative estimate of drug-likeness (QED) is 0.648. The van der Waals surface area contributed by atoms with Gasteiger partial charge in [0, 0.05) is 31.6 Å². The van der Waals surface area contributed by atoms with Gasteiger partial charge in [0.05, 0.1) is 23.4 Å². The number of rotatable bonds is 2. The molecule has 8 heteroatoms. The van der Waals surface area contributed by atoms with Crippen molar-refractivity contribution < 1.29 is 9.53 Å². The zero-order valence-electron chi connectivity index (χ0n) is 16.4. The highest BCUT2D eigenvalue weighted by Gasteiger charge is 2.41. The van der Waals surface area contributed by atoms with E-state index in [4.69, 9.17) is 9.72 Å². The lowest BCUT2D eigenvalue weighted by Crippen LogP contribution is -2.57. The summed E-state index contributed by atoms with van der Waals surface area (Å²) in [5.74, 6) is 1.03. The molecule has 0 N–H and O–H groups in total. The topological polar surface area (TPSA) is 71.5 Å². The number of nitrogens with zero attached hydrogens (tertiary/aromatic N) is 5. The third kappa shape index (κ3) is 3.47. The Morgan fingerprint density at radius 2 is 1.97 bits per heavy atom. The summed E-state index contributed by atoms with van der Waals surface area (Å²) in [6, 6.07) is 12.4. The number of fused-ring (bicyclic) bond motifs is 1. The summed E-state index contributed by atoms with van der Waals surface area (Å²) in [5.41, 5.74) is 1.51. The van der Waals surface area contributed by atoms with Crippen LogP contribution >= 0.6 is 11.5 Å². The molecule has 7 nitrogen and oxygen atoms in total. The van der Waals surface area contributed by atoms with Gasteiger partial charge in [0.15, 0.2) is 0 Å². The number of carbonyl (C=O) groups is 1. The van der Waals surface area contributed by atoms with Crippen molar-refractivity contribution in [2.24, 2.45) is 0 Å². The minimum absolute atomic E-state index is 0.0382. The van der Waals surface area contributed by atoms with E-state index in [1.165, 1.54) is 11.5 Å². The highest BCUT2D eigenvalue weighted by atomic mass is 32.1. The number of hydrogen-bond acceptors (Lipinski definition) is 7. The highest BCUT2D eigenvalue weighted by Crippen LogP contribution is 2.33. The van der Waals surface area contributed by atoms with Crippen LogP contribution in [0.15, 0.2) is 36.4 Å². The van der Waals surface area contributed by atoms with E-state index in [1.807, 2.05) is 24.0 Å². The molecule has 0 radical (unpaired) electrons. The van der Waals surface area contributed by atoms with E-state index in [1.54, 1.807) is 0 Å². The van der Waals surface area contributed by atoms with Crippen LogP contribution in [-0.4, -0.2) is 63.8 Å². The van der Waals surface area contributed by atoms with Crippen molar-refractivity contribution in [1.29, 1.82) is 0 Å². The zero-order chi connectivity index (χ0) is 19.8. The Kier molecular flexibility index (Phi) is 4.67. The molecule has 1 aromatic carbocycles. The molecule has 0 bridgehead atoms. The van der Waals surface area contributed by atoms with Crippen LogP contribution in [0, 0.1) is 6.92 Å². The van der Waals surface area contributed by atoms with E-state index in [0.717, 1.165) is 42.7 Å². The molecule has 0 unspecified atom stereocenters. The summed E-state index contributed by atoms with van der Waals surface area (Å²) in [4.78, 5) is 22.5. The van der Waals surface area contributed by atoms with Crippen molar-refractivity contribution in [2.75, 3.05) is 37.7 Å². The van der Waals surface area contributed by atoms with Crippen molar-refractivity contribution in [3.05, 3.63) is 47.0 Å². The molecule has 29 heavy (non-hydrogen) atoms. The van der Waals surface area contributed by atoms with Gasteiger partial charge in [-0.15, -0.1) is 5.10 Å². The molecule has 2 saturated heterocycles. The van der Waals surface area contributed by atoms with Crippen LogP contribution in [0.5, 0.6) is 0 Å². The molecule has 5 rings (SSSR count). The van der Waals surface area contributed by atoms with Crippen LogP contribution in [-0.2, 0) is 4.74 Å². The van der Waals surface area contributed by atoms with Crippen molar-refractivity contribution in [3.63, 3.8) is 0 Å². The number of pyridine rings is 1. The van der Waals surface area contributed by atoms with E-state index in [-0.39, 0.29) is 11.5 Å². The van der Waals surface area contributed by atoms with E-state index in [9.17, 15) is 4.79 Å². The standard InChI is InChI=1S/C21H23N5O2S/c1-15-19(29-24-23-15)20(27)25-10-8-21(9-11-25)14-26(12-13-28-21)18-7-6-16-4-2-3-5-17(16)22-18/h2-7H,8-14H2,1H3. The number of carbonyl (C=O) groups excluding carboxylic acids is 1. The molecular weight excluding hydrogens is 386 g/mol. The normalized spacial score (nSPS) is 19.1. The van der Waals surface area contributed by atoms with Crippen LogP contribution < -0.4 is 4.90 Å². The lowest BCUT2D eigenvalue weighted by molar-refractivity contribution is -0.0869. The summed E-state index contributed by atoms with van der Waals surface area (Å²) < 4.78 is 10.2. The van der Waals surface area contributed by atoms with Crippen molar-refractivity contribution in [3.8, 4) is 0 Å². The summed E-state index contributed by atoms with van der Waals surface area (Å²) in [5, 5.41) is 5.12. The largest absolute Gasteiger partial charge is 0.371 e. The molecule has 0 atom stereocenters. The van der Waals surface area contributed by atoms with Gasteiger partial charge in [0.2, 0.25) is 0 Å². The second-order valence-electron chi connectivity index (χ2n) is 7.79. The maximum atomic E-state index is 12.8. The zero-order valence-corrected chi connectivity index (χ0v) is 17.2. The van der Waals surface area contributed by atoms with Gasteiger partial charge in [0.25, 0.3) is 5.91 Å². The van der Waals surface area contributed by atoms with E-state index < -0.39 is 0 Å². The average Bonchev–Trinajstić information content (AvgIpc) is 3.19. The summed E-state index contributed by atoms with van der Waals surface area (Å²) in [7, 11) is 0. The lowest BCUT2D eigenvalue weighted by atomic mass is 9.89. The smallest absolute Gasteiger partial charge is 0.267 e. The van der Waals surface area contributed by atoms with Crippen molar-refractivity contribution in [2.45, 2.75) is 25.4 Å². The fourth-order valence-corrected chi connectivity index (χ4v) is 4.89. The minimum Gasteiger partial charge on any atom is -0.371 e. The number of anilines is 1. The van der Waals surface area contributed by atoms with Gasteiger partial charge in [0.1, 0.15) is 10.7 Å². The van der Waals surface area contributed by atoms with Crippen LogP contribution in [0.1, 0.15) is 28.2 Å². The lowest BCUT2D eigenvalue weighted by Gasteiger charge is -2.47. The predicted molar refractivity (Wildman–Crippen MR) is 112 cm³/mol. The van der Waals surface area contributed by atoms with Crippen molar-refractivity contribution >= 4 is 34.2 Å². The number of likely N-dealkylation sites (tertiary alicyclic amines) is 1. The monoisotopic (exact) mass is 409 g/mol. The molecule has 0 aliphatic carbocycles. The Labute approximate surface area is 173 Å². The summed E-state index contributed by atoms with van der Waals surface area (Å²) >= 11 is 1.18. The van der Waals surface area contributed by atoms with Gasteiger partial charge in [-0.25, -0.2) is 4.98 Å². The third-order valence-electron chi connectivity index (χ3n) is 5.96. The molecule has 3 aromatic rings. The fourth-order valence-electron chi connectivity index (χ4n) is 4.26. The number of para-hydroxylation sites is 1. The number of morpholine rings is 1. The SMILES string of the molecule is Cc1nnsc1C(=O)N1CCC2(CC1)CN(c1ccc3ccccc3n1)CCO2. The van der Waals surface area contributed by atoms with E-state index >= 15 is 0 Å². The molecule has 2 aliphatic rings. The molecule has 150 valence electrons. The fraction of sp³-hybridized carbons (Fsp3) is 0.429. The number of hydrogen-bond donors (Lipinski definition) is 0. The molecule has 2 aromatic heterocycles. The minimum atomic E-state index is -0.219. The highest BCUT2D eigenvalue weighted by molar-refractivity contribution is 7.07. The maximum absolute atomic E-state index is 12.8. The summed E-state index contributed by atoms with van der Waals surface area (Å²) in [6.07, 6.45) is 1.65. The Balaban J connectivity index is 1.29. The van der Waals surface area contributed by atoms with Gasteiger partial charge in [-0.1, -0.05) is 22.7 Å². The molecule has 1 spiro atoms. The second-order valence-corrected chi connectivity index (χ2v) is 8.55. The first-order valence-electron chi connectivity index (χ1n) is 9.97. The number of aromatic nitrogens is 3. The Morgan fingerprint density at radius 3 is 2.76 bits per heavy atom. The molecule has 0 saturated carbocycles. The number of aryl methyl sites for hydroxylation is 1. The number of piperidine rings is 1. The van der Waals surface area contributed by atoms with Gasteiger partial charge >= 0.3 is 0 Å². The van der Waals surface area contributed by atoms with Gasteiger partial charge < -0.3 is 14.5 Å². The van der Waals surface area contributed by atoms with Crippen LogP contribution in [0.25, 0.3) is 10.9 Å². The Morgan fingerprint density at radius 1 is 1.14 bits per heavy atom. The predicted octanol–water partition coefficient (Wildman–Crippen LogP) is 2.91. The number of benzene rings is 1.